The van der Waals surface area contributed by atoms with E-state index < -0.39 is 0 Å². The van der Waals surface area contributed by atoms with Crippen molar-refractivity contribution in [2.24, 2.45) is 4.99 Å². The Kier molecular flexibility index (Phi) is 12.1. The molecule has 0 aliphatic rings. The van der Waals surface area contributed by atoms with Crippen LogP contribution in [0.5, 0.6) is 0 Å². The molecule has 0 aliphatic carbocycles. The SMILES string of the molecule is CCNC(=NCc1ccc(C(=O)N(CC)CC)cc1)NCCc1ccc(F)cc1C.I. The van der Waals surface area contributed by atoms with Gasteiger partial charge in [0.25, 0.3) is 5.91 Å². The number of hydrogen-bond donors (Lipinski definition) is 2. The Morgan fingerprint density at radius 3 is 2.29 bits per heavy atom. The molecule has 0 saturated heterocycles. The summed E-state index contributed by atoms with van der Waals surface area (Å²) in [5, 5.41) is 6.57. The van der Waals surface area contributed by atoms with Crippen LogP contribution in [0, 0.1) is 12.7 Å². The molecule has 2 rings (SSSR count). The van der Waals surface area contributed by atoms with Crippen LogP contribution in [0.15, 0.2) is 47.5 Å². The summed E-state index contributed by atoms with van der Waals surface area (Å²) in [5.74, 6) is 0.589. The van der Waals surface area contributed by atoms with Gasteiger partial charge in [-0.1, -0.05) is 18.2 Å². The Morgan fingerprint density at radius 2 is 1.71 bits per heavy atom. The molecule has 0 spiro atoms. The van der Waals surface area contributed by atoms with E-state index in [1.165, 1.54) is 6.07 Å². The molecule has 1 amide bonds. The molecule has 0 radical (unpaired) electrons. The van der Waals surface area contributed by atoms with Crippen molar-refractivity contribution in [1.29, 1.82) is 0 Å². The summed E-state index contributed by atoms with van der Waals surface area (Å²) >= 11 is 0. The first-order valence-electron chi connectivity index (χ1n) is 10.6. The van der Waals surface area contributed by atoms with Crippen LogP contribution < -0.4 is 10.6 Å². The lowest BCUT2D eigenvalue weighted by Gasteiger charge is -2.18. The molecule has 0 fully saturated rings. The lowest BCUT2D eigenvalue weighted by molar-refractivity contribution is 0.0773. The normalized spacial score (nSPS) is 10.9. The predicted octanol–water partition coefficient (Wildman–Crippen LogP) is 4.53. The molecule has 0 heterocycles. The van der Waals surface area contributed by atoms with Gasteiger partial charge in [-0.15, -0.1) is 24.0 Å². The number of benzene rings is 2. The molecule has 7 heteroatoms. The van der Waals surface area contributed by atoms with E-state index in [1.54, 1.807) is 6.07 Å². The molecule has 0 atom stereocenters. The quantitative estimate of drug-likeness (QED) is 0.279. The largest absolute Gasteiger partial charge is 0.357 e. The van der Waals surface area contributed by atoms with E-state index in [1.807, 2.05) is 62.9 Å². The Morgan fingerprint density at radius 1 is 1.03 bits per heavy atom. The highest BCUT2D eigenvalue weighted by molar-refractivity contribution is 14.0. The minimum atomic E-state index is -0.205. The first-order valence-corrected chi connectivity index (χ1v) is 10.6. The van der Waals surface area contributed by atoms with Crippen LogP contribution in [0.1, 0.15) is 47.8 Å². The number of amides is 1. The molecule has 0 aliphatic heterocycles. The van der Waals surface area contributed by atoms with E-state index in [9.17, 15) is 9.18 Å². The number of nitrogens with zero attached hydrogens (tertiary/aromatic N) is 2. The number of hydrogen-bond acceptors (Lipinski definition) is 2. The van der Waals surface area contributed by atoms with Crippen molar-refractivity contribution in [3.8, 4) is 0 Å². The lowest BCUT2D eigenvalue weighted by Crippen LogP contribution is -2.38. The maximum Gasteiger partial charge on any atom is 0.253 e. The van der Waals surface area contributed by atoms with E-state index in [0.717, 1.165) is 35.6 Å². The molecule has 170 valence electrons. The number of halogens is 2. The van der Waals surface area contributed by atoms with Crippen LogP contribution in [0.3, 0.4) is 0 Å². The van der Waals surface area contributed by atoms with E-state index in [0.29, 0.717) is 31.7 Å². The Bertz CT molecular complexity index is 851. The Hall–Kier alpha value is -2.16. The van der Waals surface area contributed by atoms with Gasteiger partial charge in [0.05, 0.1) is 6.54 Å². The second kappa shape index (κ2) is 14.0. The van der Waals surface area contributed by atoms with Crippen molar-refractivity contribution in [1.82, 2.24) is 15.5 Å². The van der Waals surface area contributed by atoms with Gasteiger partial charge in [-0.25, -0.2) is 9.38 Å². The van der Waals surface area contributed by atoms with E-state index in [-0.39, 0.29) is 35.7 Å². The molecular formula is C24H34FIN4O. The molecule has 5 nitrogen and oxygen atoms in total. The average Bonchev–Trinajstić information content (AvgIpc) is 2.74. The molecule has 31 heavy (non-hydrogen) atoms. The summed E-state index contributed by atoms with van der Waals surface area (Å²) in [6.07, 6.45) is 0.790. The van der Waals surface area contributed by atoms with Crippen molar-refractivity contribution in [3.05, 3.63) is 70.5 Å². The number of aliphatic imine (C=N–C) groups is 1. The second-order valence-corrected chi connectivity index (χ2v) is 7.12. The van der Waals surface area contributed by atoms with Gasteiger partial charge < -0.3 is 15.5 Å². The minimum Gasteiger partial charge on any atom is -0.357 e. The van der Waals surface area contributed by atoms with Crippen molar-refractivity contribution in [2.75, 3.05) is 26.2 Å². The number of aryl methyl sites for hydroxylation is 1. The van der Waals surface area contributed by atoms with Gasteiger partial charge in [0.15, 0.2) is 5.96 Å². The van der Waals surface area contributed by atoms with Crippen LogP contribution in [0.25, 0.3) is 0 Å². The highest BCUT2D eigenvalue weighted by atomic mass is 127. The average molecular weight is 540 g/mol. The summed E-state index contributed by atoms with van der Waals surface area (Å²) in [6.45, 7) is 11.3. The maximum atomic E-state index is 13.2. The van der Waals surface area contributed by atoms with Crippen LogP contribution in [-0.2, 0) is 13.0 Å². The summed E-state index contributed by atoms with van der Waals surface area (Å²) in [5.41, 5.74) is 3.81. The minimum absolute atomic E-state index is 0. The van der Waals surface area contributed by atoms with Gasteiger partial charge in [0.2, 0.25) is 0 Å². The third-order valence-corrected chi connectivity index (χ3v) is 5.01. The topological polar surface area (TPSA) is 56.7 Å². The first-order chi connectivity index (χ1) is 14.5. The monoisotopic (exact) mass is 540 g/mol. The highest BCUT2D eigenvalue weighted by Crippen LogP contribution is 2.11. The summed E-state index contributed by atoms with van der Waals surface area (Å²) in [7, 11) is 0. The van der Waals surface area contributed by atoms with E-state index in [4.69, 9.17) is 0 Å². The second-order valence-electron chi connectivity index (χ2n) is 7.12. The number of rotatable bonds is 9. The summed E-state index contributed by atoms with van der Waals surface area (Å²) in [4.78, 5) is 18.8. The van der Waals surface area contributed by atoms with Crippen LogP contribution in [0.4, 0.5) is 4.39 Å². The zero-order valence-corrected chi connectivity index (χ0v) is 21.2. The van der Waals surface area contributed by atoms with Gasteiger partial charge in [0.1, 0.15) is 5.82 Å². The zero-order chi connectivity index (χ0) is 21.9. The Balaban J connectivity index is 0.00000480. The standard InChI is InChI=1S/C24H33FN4O.HI/c1-5-26-24(27-15-14-20-12-13-22(25)16-18(20)4)28-17-19-8-10-21(11-9-19)23(30)29(6-2)7-3;/h8-13,16H,5-7,14-15,17H2,1-4H3,(H2,26,27,28);1H. The highest BCUT2D eigenvalue weighted by Gasteiger charge is 2.11. The van der Waals surface area contributed by atoms with E-state index in [2.05, 4.69) is 15.6 Å². The molecule has 0 aromatic heterocycles. The zero-order valence-electron chi connectivity index (χ0n) is 18.9. The fourth-order valence-electron chi connectivity index (χ4n) is 3.21. The van der Waals surface area contributed by atoms with Crippen molar-refractivity contribution >= 4 is 35.8 Å². The predicted molar refractivity (Wildman–Crippen MR) is 137 cm³/mol. The summed E-state index contributed by atoms with van der Waals surface area (Å²) < 4.78 is 13.2. The fraction of sp³-hybridized carbons (Fsp3) is 0.417. The molecular weight excluding hydrogens is 506 g/mol. The van der Waals surface area contributed by atoms with Crippen molar-refractivity contribution in [2.45, 2.75) is 40.7 Å². The van der Waals surface area contributed by atoms with Gasteiger partial charge in [-0.2, -0.15) is 0 Å². The number of carbonyl (C=O) groups is 1. The smallest absolute Gasteiger partial charge is 0.253 e. The molecule has 0 saturated carbocycles. The molecule has 2 aromatic rings. The van der Waals surface area contributed by atoms with E-state index >= 15 is 0 Å². The van der Waals surface area contributed by atoms with Crippen LogP contribution >= 0.6 is 24.0 Å². The molecule has 0 unspecified atom stereocenters. The first kappa shape index (κ1) is 26.9. The summed E-state index contributed by atoms with van der Waals surface area (Å²) in [6, 6.07) is 12.5. The van der Waals surface area contributed by atoms with Crippen LogP contribution in [0.2, 0.25) is 0 Å². The molecule has 0 bridgehead atoms. The Labute approximate surface area is 202 Å². The van der Waals surface area contributed by atoms with Gasteiger partial charge in [-0.3, -0.25) is 4.79 Å². The van der Waals surface area contributed by atoms with Gasteiger partial charge in [-0.05, 0) is 75.1 Å². The van der Waals surface area contributed by atoms with Crippen molar-refractivity contribution < 1.29 is 9.18 Å². The van der Waals surface area contributed by atoms with Gasteiger partial charge >= 0.3 is 0 Å². The van der Waals surface area contributed by atoms with Crippen LogP contribution in [-0.4, -0.2) is 42.9 Å². The fourth-order valence-corrected chi connectivity index (χ4v) is 3.21. The third-order valence-electron chi connectivity index (χ3n) is 5.01. The number of carbonyl (C=O) groups excluding carboxylic acids is 1. The van der Waals surface area contributed by atoms with Gasteiger partial charge in [0, 0.05) is 31.7 Å². The number of nitrogens with one attached hydrogen (secondary N) is 2. The van der Waals surface area contributed by atoms with Crippen molar-refractivity contribution in [3.63, 3.8) is 0 Å². The molecule has 2 aromatic carbocycles. The lowest BCUT2D eigenvalue weighted by atomic mass is 10.1. The maximum absolute atomic E-state index is 13.2. The third kappa shape index (κ3) is 8.47. The number of guanidine groups is 1. The molecule has 2 N–H and O–H groups in total.